The molecule has 0 amide bonds. The van der Waals surface area contributed by atoms with E-state index in [1.807, 2.05) is 0 Å². The molecule has 0 saturated heterocycles. The third-order valence-corrected chi connectivity index (χ3v) is 1.92. The minimum Gasteiger partial charge on any atom is -0.380 e. The molecule has 0 saturated carbocycles. The van der Waals surface area contributed by atoms with Gasteiger partial charge >= 0.3 is 6.18 Å². The van der Waals surface area contributed by atoms with E-state index in [9.17, 15) is 13.2 Å². The van der Waals surface area contributed by atoms with Gasteiger partial charge in [-0.25, -0.2) is 4.68 Å². The van der Waals surface area contributed by atoms with Crippen LogP contribution in [0.4, 0.5) is 13.2 Å². The van der Waals surface area contributed by atoms with Crippen LogP contribution in [0.5, 0.6) is 0 Å². The van der Waals surface area contributed by atoms with Crippen molar-refractivity contribution in [3.63, 3.8) is 0 Å². The summed E-state index contributed by atoms with van der Waals surface area (Å²) in [6.07, 6.45) is -4.50. The fourth-order valence-corrected chi connectivity index (χ4v) is 1.25. The number of hydrogen-bond donors (Lipinski definition) is 1. The molecule has 1 rings (SSSR count). The van der Waals surface area contributed by atoms with Crippen LogP contribution in [0.15, 0.2) is 0 Å². The minimum atomic E-state index is -4.50. The van der Waals surface area contributed by atoms with Crippen LogP contribution in [0.3, 0.4) is 0 Å². The maximum atomic E-state index is 12.6. The molecule has 0 spiro atoms. The van der Waals surface area contributed by atoms with Crippen molar-refractivity contribution < 1.29 is 17.9 Å². The monoisotopic (exact) mass is 238 g/mol. The molecule has 0 atom stereocenters. The van der Waals surface area contributed by atoms with Gasteiger partial charge in [0, 0.05) is 13.2 Å². The van der Waals surface area contributed by atoms with E-state index < -0.39 is 11.9 Å². The number of alkyl halides is 3. The molecule has 0 fully saturated rings. The van der Waals surface area contributed by atoms with Gasteiger partial charge in [-0.05, 0) is 6.92 Å². The number of halogens is 3. The van der Waals surface area contributed by atoms with E-state index in [0.717, 1.165) is 4.68 Å². The molecule has 5 nitrogen and oxygen atoms in total. The molecule has 0 aliphatic rings. The first-order chi connectivity index (χ1) is 7.50. The lowest BCUT2D eigenvalue weighted by atomic mass is 10.3. The molecule has 0 aromatic carbocycles. The van der Waals surface area contributed by atoms with Crippen LogP contribution in [-0.4, -0.2) is 28.2 Å². The van der Waals surface area contributed by atoms with E-state index in [0.29, 0.717) is 6.61 Å². The third kappa shape index (κ3) is 2.92. The Morgan fingerprint density at radius 1 is 1.44 bits per heavy atom. The second-order valence-electron chi connectivity index (χ2n) is 3.01. The number of nitrogens with two attached hydrogens (primary N) is 1. The fraction of sp³-hybridized carbons (Fsp3) is 0.750. The summed E-state index contributed by atoms with van der Waals surface area (Å²) < 4.78 is 43.7. The van der Waals surface area contributed by atoms with Crippen LogP contribution in [-0.2, 0) is 24.0 Å². The molecule has 92 valence electrons. The molecule has 16 heavy (non-hydrogen) atoms. The highest BCUT2D eigenvalue weighted by atomic mass is 19.4. The maximum Gasteiger partial charge on any atom is 0.434 e. The lowest BCUT2D eigenvalue weighted by Gasteiger charge is -2.10. The Kier molecular flexibility index (Phi) is 4.25. The van der Waals surface area contributed by atoms with Crippen molar-refractivity contribution >= 4 is 0 Å². The molecule has 0 radical (unpaired) electrons. The zero-order valence-electron chi connectivity index (χ0n) is 8.79. The summed E-state index contributed by atoms with van der Waals surface area (Å²) in [6.45, 7) is 2.09. The summed E-state index contributed by atoms with van der Waals surface area (Å²) >= 11 is 0. The van der Waals surface area contributed by atoms with Crippen molar-refractivity contribution in [2.45, 2.75) is 26.2 Å². The highest BCUT2D eigenvalue weighted by Gasteiger charge is 2.38. The summed E-state index contributed by atoms with van der Waals surface area (Å²) in [4.78, 5) is 0. The van der Waals surface area contributed by atoms with Crippen molar-refractivity contribution in [1.82, 2.24) is 15.0 Å². The van der Waals surface area contributed by atoms with Gasteiger partial charge in [0.25, 0.3) is 0 Å². The number of nitrogens with zero attached hydrogens (tertiary/aromatic N) is 3. The molecule has 2 N–H and O–H groups in total. The van der Waals surface area contributed by atoms with Gasteiger partial charge < -0.3 is 10.5 Å². The standard InChI is InChI=1S/C8H13F3N4O/c1-2-16-4-3-15-7(8(9,10)11)6(5-12)13-14-15/h2-5,12H2,1H3. The van der Waals surface area contributed by atoms with Crippen molar-refractivity contribution in [1.29, 1.82) is 0 Å². The van der Waals surface area contributed by atoms with Gasteiger partial charge in [0.05, 0.1) is 13.2 Å². The Bertz CT molecular complexity index is 337. The van der Waals surface area contributed by atoms with E-state index in [1.165, 1.54) is 0 Å². The zero-order valence-corrected chi connectivity index (χ0v) is 8.79. The second-order valence-corrected chi connectivity index (χ2v) is 3.01. The predicted octanol–water partition coefficient (Wildman–Crippen LogP) is 0.792. The number of hydrogen-bond acceptors (Lipinski definition) is 4. The molecule has 8 heteroatoms. The van der Waals surface area contributed by atoms with Gasteiger partial charge in [-0.1, -0.05) is 5.21 Å². The lowest BCUT2D eigenvalue weighted by molar-refractivity contribution is -0.145. The van der Waals surface area contributed by atoms with Crippen molar-refractivity contribution in [2.24, 2.45) is 5.73 Å². The first-order valence-corrected chi connectivity index (χ1v) is 4.78. The molecule has 1 aromatic heterocycles. The average molecular weight is 238 g/mol. The van der Waals surface area contributed by atoms with Crippen LogP contribution in [0, 0.1) is 0 Å². The van der Waals surface area contributed by atoms with Crippen molar-refractivity contribution in [3.8, 4) is 0 Å². The first-order valence-electron chi connectivity index (χ1n) is 4.78. The molecule has 0 aliphatic heterocycles. The Hall–Kier alpha value is -1.15. The van der Waals surface area contributed by atoms with Crippen LogP contribution < -0.4 is 5.73 Å². The Balaban J connectivity index is 2.88. The molecule has 1 heterocycles. The molecule has 0 unspecified atom stereocenters. The third-order valence-electron chi connectivity index (χ3n) is 1.92. The summed E-state index contributed by atoms with van der Waals surface area (Å²) in [6, 6.07) is 0. The van der Waals surface area contributed by atoms with Gasteiger partial charge in [-0.2, -0.15) is 13.2 Å². The van der Waals surface area contributed by atoms with Gasteiger partial charge in [0.15, 0.2) is 5.69 Å². The molecular weight excluding hydrogens is 225 g/mol. The van der Waals surface area contributed by atoms with E-state index in [1.54, 1.807) is 6.92 Å². The number of aromatic nitrogens is 3. The van der Waals surface area contributed by atoms with Crippen LogP contribution in [0.25, 0.3) is 0 Å². The molecule has 0 bridgehead atoms. The summed E-state index contributed by atoms with van der Waals surface area (Å²) in [5.41, 5.74) is 4.03. The lowest BCUT2D eigenvalue weighted by Crippen LogP contribution is -2.19. The summed E-state index contributed by atoms with van der Waals surface area (Å²) in [5, 5.41) is 6.80. The fourth-order valence-electron chi connectivity index (χ4n) is 1.25. The van der Waals surface area contributed by atoms with E-state index >= 15 is 0 Å². The first kappa shape index (κ1) is 12.9. The van der Waals surface area contributed by atoms with Crippen LogP contribution in [0.1, 0.15) is 18.3 Å². The zero-order chi connectivity index (χ0) is 12.2. The van der Waals surface area contributed by atoms with Gasteiger partial charge in [-0.3, -0.25) is 0 Å². The number of rotatable bonds is 5. The Labute approximate surface area is 90.4 Å². The largest absolute Gasteiger partial charge is 0.434 e. The SMILES string of the molecule is CCOCCn1nnc(CN)c1C(F)(F)F. The highest BCUT2D eigenvalue weighted by molar-refractivity contribution is 5.13. The molecular formula is C8H13F3N4O. The van der Waals surface area contributed by atoms with Gasteiger partial charge in [0.2, 0.25) is 0 Å². The van der Waals surface area contributed by atoms with E-state index in [4.69, 9.17) is 10.5 Å². The van der Waals surface area contributed by atoms with Crippen LogP contribution in [0.2, 0.25) is 0 Å². The smallest absolute Gasteiger partial charge is 0.380 e. The summed E-state index contributed by atoms with van der Waals surface area (Å²) in [5.74, 6) is 0. The quantitative estimate of drug-likeness (QED) is 0.770. The molecule has 0 aliphatic carbocycles. The van der Waals surface area contributed by atoms with E-state index in [-0.39, 0.29) is 25.4 Å². The second kappa shape index (κ2) is 5.26. The highest BCUT2D eigenvalue weighted by Crippen LogP contribution is 2.30. The maximum absolute atomic E-state index is 12.6. The van der Waals surface area contributed by atoms with Crippen molar-refractivity contribution in [3.05, 3.63) is 11.4 Å². The minimum absolute atomic E-state index is 0.00961. The topological polar surface area (TPSA) is 66.0 Å². The summed E-state index contributed by atoms with van der Waals surface area (Å²) in [7, 11) is 0. The predicted molar refractivity (Wildman–Crippen MR) is 49.4 cm³/mol. The normalized spacial score (nSPS) is 12.1. The number of ether oxygens (including phenoxy) is 1. The van der Waals surface area contributed by atoms with Gasteiger partial charge in [0.1, 0.15) is 5.69 Å². The van der Waals surface area contributed by atoms with E-state index in [2.05, 4.69) is 10.3 Å². The Morgan fingerprint density at radius 2 is 2.12 bits per heavy atom. The Morgan fingerprint density at radius 3 is 2.62 bits per heavy atom. The van der Waals surface area contributed by atoms with Crippen molar-refractivity contribution in [2.75, 3.05) is 13.2 Å². The van der Waals surface area contributed by atoms with Gasteiger partial charge in [-0.15, -0.1) is 5.10 Å². The average Bonchev–Trinajstić information content (AvgIpc) is 2.61. The molecule has 1 aromatic rings. The van der Waals surface area contributed by atoms with Crippen LogP contribution >= 0.6 is 0 Å².